The van der Waals surface area contributed by atoms with Crippen LogP contribution >= 0.6 is 11.3 Å². The first-order chi connectivity index (χ1) is 7.99. The molecule has 0 saturated carbocycles. The molecule has 2 aromatic rings. The molecule has 0 aliphatic carbocycles. The van der Waals surface area contributed by atoms with E-state index in [1.165, 1.54) is 12.1 Å². The minimum Gasteiger partial charge on any atom is -0.383 e. The van der Waals surface area contributed by atoms with Crippen molar-refractivity contribution in [2.45, 2.75) is 26.9 Å². The largest absolute Gasteiger partial charge is 0.383 e. The van der Waals surface area contributed by atoms with Crippen molar-refractivity contribution >= 4 is 11.3 Å². The molecule has 0 radical (unpaired) electrons. The van der Waals surface area contributed by atoms with Gasteiger partial charge in [-0.25, -0.2) is 4.39 Å². The van der Waals surface area contributed by atoms with Crippen molar-refractivity contribution in [2.24, 2.45) is 0 Å². The van der Waals surface area contributed by atoms with Gasteiger partial charge in [0.05, 0.1) is 0 Å². The molecule has 0 saturated heterocycles. The van der Waals surface area contributed by atoms with Crippen molar-refractivity contribution in [2.75, 3.05) is 0 Å². The molecule has 1 nitrogen and oxygen atoms in total. The van der Waals surface area contributed by atoms with E-state index in [0.29, 0.717) is 5.56 Å². The SMILES string of the molecule is Cc1cc(C)c(C(O)c2cc(F)ccc2C)s1. The summed E-state index contributed by atoms with van der Waals surface area (Å²) in [5.41, 5.74) is 2.61. The van der Waals surface area contributed by atoms with Crippen molar-refractivity contribution in [3.05, 3.63) is 56.5 Å². The van der Waals surface area contributed by atoms with Crippen LogP contribution in [0.15, 0.2) is 24.3 Å². The number of thiophene rings is 1. The number of aryl methyl sites for hydroxylation is 3. The smallest absolute Gasteiger partial charge is 0.123 e. The van der Waals surface area contributed by atoms with Crippen LogP contribution in [0, 0.1) is 26.6 Å². The van der Waals surface area contributed by atoms with Crippen LogP contribution in [0.25, 0.3) is 0 Å². The topological polar surface area (TPSA) is 20.2 Å². The Bertz CT molecular complexity index is 545. The van der Waals surface area contributed by atoms with E-state index >= 15 is 0 Å². The highest BCUT2D eigenvalue weighted by atomic mass is 32.1. The van der Waals surface area contributed by atoms with E-state index in [2.05, 4.69) is 0 Å². The van der Waals surface area contributed by atoms with Crippen LogP contribution in [0.1, 0.15) is 32.5 Å². The first-order valence-electron chi connectivity index (χ1n) is 5.50. The number of hydrogen-bond donors (Lipinski definition) is 1. The Morgan fingerprint density at radius 3 is 2.41 bits per heavy atom. The number of benzene rings is 1. The maximum absolute atomic E-state index is 13.2. The molecule has 1 aromatic heterocycles. The van der Waals surface area contributed by atoms with Gasteiger partial charge in [-0.3, -0.25) is 0 Å². The predicted octanol–water partition coefficient (Wildman–Crippen LogP) is 3.89. The Hall–Kier alpha value is -1.19. The molecule has 3 heteroatoms. The van der Waals surface area contributed by atoms with Gasteiger partial charge in [-0.1, -0.05) is 6.07 Å². The van der Waals surface area contributed by atoms with Gasteiger partial charge in [0.2, 0.25) is 0 Å². The van der Waals surface area contributed by atoms with Crippen LogP contribution in [-0.2, 0) is 0 Å². The molecule has 0 fully saturated rings. The lowest BCUT2D eigenvalue weighted by Gasteiger charge is -2.13. The first-order valence-corrected chi connectivity index (χ1v) is 6.31. The molecule has 1 aromatic carbocycles. The molecule has 17 heavy (non-hydrogen) atoms. The number of halogens is 1. The Balaban J connectivity index is 2.46. The van der Waals surface area contributed by atoms with Gasteiger partial charge in [-0.2, -0.15) is 0 Å². The summed E-state index contributed by atoms with van der Waals surface area (Å²) < 4.78 is 13.2. The van der Waals surface area contributed by atoms with Crippen molar-refractivity contribution in [3.63, 3.8) is 0 Å². The summed E-state index contributed by atoms with van der Waals surface area (Å²) >= 11 is 1.56. The van der Waals surface area contributed by atoms with E-state index in [1.54, 1.807) is 17.4 Å². The molecule has 90 valence electrons. The zero-order valence-corrected chi connectivity index (χ0v) is 10.9. The zero-order chi connectivity index (χ0) is 12.6. The van der Waals surface area contributed by atoms with Crippen LogP contribution in [0.2, 0.25) is 0 Å². The van der Waals surface area contributed by atoms with E-state index in [9.17, 15) is 9.50 Å². The minimum absolute atomic E-state index is 0.310. The molecule has 0 aliphatic rings. The number of hydrogen-bond acceptors (Lipinski definition) is 2. The lowest BCUT2D eigenvalue weighted by Crippen LogP contribution is -2.02. The van der Waals surface area contributed by atoms with Gasteiger partial charge in [-0.05, 0) is 55.7 Å². The lowest BCUT2D eigenvalue weighted by atomic mass is 10.0. The number of aliphatic hydroxyl groups excluding tert-OH is 1. The fourth-order valence-corrected chi connectivity index (χ4v) is 3.02. The summed E-state index contributed by atoms with van der Waals surface area (Å²) in [5.74, 6) is -0.310. The molecule has 1 N–H and O–H groups in total. The summed E-state index contributed by atoms with van der Waals surface area (Å²) in [5, 5.41) is 10.3. The van der Waals surface area contributed by atoms with E-state index in [-0.39, 0.29) is 5.82 Å². The Labute approximate surface area is 105 Å². The highest BCUT2D eigenvalue weighted by Crippen LogP contribution is 2.33. The van der Waals surface area contributed by atoms with Gasteiger partial charge in [0.15, 0.2) is 0 Å². The normalized spacial score (nSPS) is 12.8. The fraction of sp³-hybridized carbons (Fsp3) is 0.286. The molecule has 2 rings (SSSR count). The third-order valence-electron chi connectivity index (χ3n) is 2.86. The minimum atomic E-state index is -0.732. The van der Waals surface area contributed by atoms with E-state index in [1.807, 2.05) is 26.8 Å². The second-order valence-electron chi connectivity index (χ2n) is 4.31. The second kappa shape index (κ2) is 4.59. The van der Waals surface area contributed by atoms with Crippen molar-refractivity contribution in [1.29, 1.82) is 0 Å². The van der Waals surface area contributed by atoms with Gasteiger partial charge in [0.1, 0.15) is 11.9 Å². The number of rotatable bonds is 2. The second-order valence-corrected chi connectivity index (χ2v) is 5.60. The Morgan fingerprint density at radius 2 is 1.82 bits per heavy atom. The third-order valence-corrected chi connectivity index (χ3v) is 4.07. The monoisotopic (exact) mass is 250 g/mol. The average Bonchev–Trinajstić information content (AvgIpc) is 2.60. The highest BCUT2D eigenvalue weighted by molar-refractivity contribution is 7.12. The van der Waals surface area contributed by atoms with Crippen molar-refractivity contribution in [1.82, 2.24) is 0 Å². The molecule has 1 unspecified atom stereocenters. The van der Waals surface area contributed by atoms with Gasteiger partial charge >= 0.3 is 0 Å². The molecule has 0 aliphatic heterocycles. The highest BCUT2D eigenvalue weighted by Gasteiger charge is 2.17. The number of aliphatic hydroxyl groups is 1. The van der Waals surface area contributed by atoms with Crippen LogP contribution < -0.4 is 0 Å². The molecular weight excluding hydrogens is 235 g/mol. The van der Waals surface area contributed by atoms with Crippen LogP contribution in [0.3, 0.4) is 0 Å². The van der Waals surface area contributed by atoms with E-state index in [4.69, 9.17) is 0 Å². The molecule has 0 spiro atoms. The van der Waals surface area contributed by atoms with Crippen LogP contribution in [0.5, 0.6) is 0 Å². The lowest BCUT2D eigenvalue weighted by molar-refractivity contribution is 0.222. The maximum atomic E-state index is 13.2. The summed E-state index contributed by atoms with van der Waals surface area (Å²) in [6.07, 6.45) is -0.732. The zero-order valence-electron chi connectivity index (χ0n) is 10.1. The maximum Gasteiger partial charge on any atom is 0.123 e. The summed E-state index contributed by atoms with van der Waals surface area (Å²) in [6.45, 7) is 5.86. The average molecular weight is 250 g/mol. The van der Waals surface area contributed by atoms with Gasteiger partial charge in [0.25, 0.3) is 0 Å². The molecule has 0 bridgehead atoms. The van der Waals surface area contributed by atoms with Gasteiger partial charge in [-0.15, -0.1) is 11.3 Å². The van der Waals surface area contributed by atoms with E-state index in [0.717, 1.165) is 20.9 Å². The molecule has 0 amide bonds. The van der Waals surface area contributed by atoms with E-state index < -0.39 is 6.10 Å². The fourth-order valence-electron chi connectivity index (χ4n) is 1.98. The molecular formula is C14H15FOS. The van der Waals surface area contributed by atoms with Crippen molar-refractivity contribution < 1.29 is 9.50 Å². The van der Waals surface area contributed by atoms with Crippen LogP contribution in [-0.4, -0.2) is 5.11 Å². The van der Waals surface area contributed by atoms with Crippen molar-refractivity contribution in [3.8, 4) is 0 Å². The third kappa shape index (κ3) is 2.40. The van der Waals surface area contributed by atoms with Crippen LogP contribution in [0.4, 0.5) is 4.39 Å². The summed E-state index contributed by atoms with van der Waals surface area (Å²) in [4.78, 5) is 2.06. The Kier molecular flexibility index (Phi) is 3.31. The first kappa shape index (κ1) is 12.3. The Morgan fingerprint density at radius 1 is 1.12 bits per heavy atom. The van der Waals surface area contributed by atoms with Gasteiger partial charge in [0, 0.05) is 9.75 Å². The summed E-state index contributed by atoms with van der Waals surface area (Å²) in [7, 11) is 0. The quantitative estimate of drug-likeness (QED) is 0.857. The van der Waals surface area contributed by atoms with Gasteiger partial charge < -0.3 is 5.11 Å². The standard InChI is InChI=1S/C14H15FOS/c1-8-4-5-11(15)7-12(8)13(16)14-9(2)6-10(3)17-14/h4-7,13,16H,1-3H3. The summed E-state index contributed by atoms with van der Waals surface area (Å²) in [6, 6.07) is 6.56. The predicted molar refractivity (Wildman–Crippen MR) is 69.0 cm³/mol. The molecule has 1 heterocycles. The molecule has 1 atom stereocenters.